The zero-order valence-corrected chi connectivity index (χ0v) is 12.5. The van der Waals surface area contributed by atoms with Gasteiger partial charge in [0.2, 0.25) is 5.91 Å². The number of primary amides is 1. The van der Waals surface area contributed by atoms with Gasteiger partial charge < -0.3 is 10.6 Å². The standard InChI is InChI=1S/C15H20N4O3/c1-10-4-6-11(7-5-10)13(20)17-18-14(21)12-3-2-8-19(9-12)15(16)22/h4-7,12H,2-3,8-9H2,1H3,(H2,16,22)(H,17,20)(H,18,21)/t12-/m0/s1. The third-order valence-electron chi connectivity index (χ3n) is 3.72. The Morgan fingerprint density at radius 3 is 2.50 bits per heavy atom. The number of benzene rings is 1. The highest BCUT2D eigenvalue weighted by atomic mass is 16.2. The van der Waals surface area contributed by atoms with E-state index in [4.69, 9.17) is 5.73 Å². The zero-order valence-electron chi connectivity index (χ0n) is 12.5. The lowest BCUT2D eigenvalue weighted by atomic mass is 9.98. The van der Waals surface area contributed by atoms with Gasteiger partial charge in [-0.05, 0) is 31.9 Å². The van der Waals surface area contributed by atoms with E-state index in [9.17, 15) is 14.4 Å². The van der Waals surface area contributed by atoms with Gasteiger partial charge >= 0.3 is 6.03 Å². The van der Waals surface area contributed by atoms with Crippen molar-refractivity contribution in [3.8, 4) is 0 Å². The van der Waals surface area contributed by atoms with E-state index in [2.05, 4.69) is 10.9 Å². The van der Waals surface area contributed by atoms with E-state index in [-0.39, 0.29) is 24.3 Å². The number of carbonyl (C=O) groups excluding carboxylic acids is 3. The highest BCUT2D eigenvalue weighted by Gasteiger charge is 2.27. The van der Waals surface area contributed by atoms with Gasteiger partial charge in [0.15, 0.2) is 0 Å². The number of hydrogen-bond acceptors (Lipinski definition) is 3. The van der Waals surface area contributed by atoms with Crippen LogP contribution in [0.3, 0.4) is 0 Å². The van der Waals surface area contributed by atoms with Gasteiger partial charge in [-0.3, -0.25) is 20.4 Å². The Kier molecular flexibility index (Phi) is 4.98. The van der Waals surface area contributed by atoms with Crippen molar-refractivity contribution in [3.63, 3.8) is 0 Å². The maximum atomic E-state index is 12.1. The van der Waals surface area contributed by atoms with E-state index in [0.29, 0.717) is 24.9 Å². The Hall–Kier alpha value is -2.57. The van der Waals surface area contributed by atoms with Crippen LogP contribution in [0.1, 0.15) is 28.8 Å². The molecular formula is C15H20N4O3. The molecule has 0 spiro atoms. The minimum absolute atomic E-state index is 0.279. The molecule has 1 aliphatic rings. The minimum atomic E-state index is -0.527. The van der Waals surface area contributed by atoms with Crippen LogP contribution in [0.25, 0.3) is 0 Å². The minimum Gasteiger partial charge on any atom is -0.351 e. The first-order chi connectivity index (χ1) is 10.5. The van der Waals surface area contributed by atoms with E-state index < -0.39 is 6.03 Å². The summed E-state index contributed by atoms with van der Waals surface area (Å²) in [6.45, 7) is 2.77. The van der Waals surface area contributed by atoms with Crippen molar-refractivity contribution in [2.24, 2.45) is 11.7 Å². The number of urea groups is 1. The Labute approximate surface area is 128 Å². The van der Waals surface area contributed by atoms with Crippen LogP contribution in [0.4, 0.5) is 4.79 Å². The highest BCUT2D eigenvalue weighted by Crippen LogP contribution is 2.16. The van der Waals surface area contributed by atoms with Crippen molar-refractivity contribution in [2.75, 3.05) is 13.1 Å². The van der Waals surface area contributed by atoms with Crippen LogP contribution < -0.4 is 16.6 Å². The summed E-state index contributed by atoms with van der Waals surface area (Å²) in [7, 11) is 0. The number of piperidine rings is 1. The molecule has 2 rings (SSSR count). The second kappa shape index (κ2) is 6.93. The second-order valence-corrected chi connectivity index (χ2v) is 5.43. The fraction of sp³-hybridized carbons (Fsp3) is 0.400. The van der Waals surface area contributed by atoms with Gasteiger partial charge in [0.05, 0.1) is 5.92 Å². The Morgan fingerprint density at radius 2 is 1.86 bits per heavy atom. The summed E-state index contributed by atoms with van der Waals surface area (Å²) in [6.07, 6.45) is 1.38. The van der Waals surface area contributed by atoms with Gasteiger partial charge in [-0.25, -0.2) is 4.79 Å². The smallest absolute Gasteiger partial charge is 0.314 e. The fourth-order valence-electron chi connectivity index (χ4n) is 2.39. The van der Waals surface area contributed by atoms with Crippen molar-refractivity contribution in [1.82, 2.24) is 15.8 Å². The maximum Gasteiger partial charge on any atom is 0.314 e. The number of rotatable bonds is 2. The van der Waals surface area contributed by atoms with E-state index in [0.717, 1.165) is 5.56 Å². The van der Waals surface area contributed by atoms with E-state index in [1.165, 1.54) is 4.90 Å². The summed E-state index contributed by atoms with van der Waals surface area (Å²) in [5, 5.41) is 0. The van der Waals surface area contributed by atoms with Gasteiger partial charge in [-0.2, -0.15) is 0 Å². The number of aryl methyl sites for hydroxylation is 1. The molecule has 1 heterocycles. The topological polar surface area (TPSA) is 105 Å². The number of likely N-dealkylation sites (tertiary alicyclic amines) is 1. The van der Waals surface area contributed by atoms with Crippen LogP contribution in [-0.2, 0) is 4.79 Å². The quantitative estimate of drug-likeness (QED) is 0.695. The maximum absolute atomic E-state index is 12.1. The molecule has 7 nitrogen and oxygen atoms in total. The molecule has 4 N–H and O–H groups in total. The Morgan fingerprint density at radius 1 is 1.18 bits per heavy atom. The average Bonchev–Trinajstić information content (AvgIpc) is 2.53. The fourth-order valence-corrected chi connectivity index (χ4v) is 2.39. The summed E-state index contributed by atoms with van der Waals surface area (Å²) in [5.74, 6) is -1.05. The molecule has 0 radical (unpaired) electrons. The molecule has 0 aromatic heterocycles. The lowest BCUT2D eigenvalue weighted by Gasteiger charge is -2.30. The van der Waals surface area contributed by atoms with Gasteiger partial charge in [-0.15, -0.1) is 0 Å². The van der Waals surface area contributed by atoms with E-state index in [1.807, 2.05) is 19.1 Å². The predicted molar refractivity (Wildman–Crippen MR) is 80.7 cm³/mol. The van der Waals surface area contributed by atoms with Gasteiger partial charge in [0, 0.05) is 18.7 Å². The normalized spacial score (nSPS) is 17.7. The number of nitrogens with two attached hydrogens (primary N) is 1. The van der Waals surface area contributed by atoms with Crippen LogP contribution >= 0.6 is 0 Å². The molecule has 0 unspecified atom stereocenters. The molecule has 7 heteroatoms. The van der Waals surface area contributed by atoms with Crippen molar-refractivity contribution in [1.29, 1.82) is 0 Å². The van der Waals surface area contributed by atoms with Crippen molar-refractivity contribution < 1.29 is 14.4 Å². The molecule has 1 aromatic rings. The number of carbonyl (C=O) groups is 3. The molecular weight excluding hydrogens is 284 g/mol. The molecule has 1 aliphatic heterocycles. The van der Waals surface area contributed by atoms with Crippen molar-refractivity contribution in [3.05, 3.63) is 35.4 Å². The third-order valence-corrected chi connectivity index (χ3v) is 3.72. The van der Waals surface area contributed by atoms with Crippen LogP contribution in [0.2, 0.25) is 0 Å². The summed E-state index contributed by atoms with van der Waals surface area (Å²) in [5.41, 5.74) is 11.5. The lowest BCUT2D eigenvalue weighted by molar-refractivity contribution is -0.127. The van der Waals surface area contributed by atoms with E-state index in [1.54, 1.807) is 12.1 Å². The first kappa shape index (κ1) is 15.8. The molecule has 1 saturated heterocycles. The second-order valence-electron chi connectivity index (χ2n) is 5.43. The predicted octanol–water partition coefficient (Wildman–Crippen LogP) is 0.547. The van der Waals surface area contributed by atoms with Crippen LogP contribution in [-0.4, -0.2) is 35.8 Å². The molecule has 118 valence electrons. The third kappa shape index (κ3) is 3.97. The highest BCUT2D eigenvalue weighted by molar-refractivity contribution is 5.95. The van der Waals surface area contributed by atoms with E-state index >= 15 is 0 Å². The Bertz CT molecular complexity index is 571. The average molecular weight is 304 g/mol. The lowest BCUT2D eigenvalue weighted by Crippen LogP contribution is -2.50. The van der Waals surface area contributed by atoms with Gasteiger partial charge in [-0.1, -0.05) is 17.7 Å². The summed E-state index contributed by atoms with van der Waals surface area (Å²) in [4.78, 5) is 36.5. The van der Waals surface area contributed by atoms with Crippen LogP contribution in [0.5, 0.6) is 0 Å². The molecule has 1 aromatic carbocycles. The molecule has 0 aliphatic carbocycles. The first-order valence-electron chi connectivity index (χ1n) is 7.18. The molecule has 0 bridgehead atoms. The molecule has 1 fully saturated rings. The monoisotopic (exact) mass is 304 g/mol. The molecule has 22 heavy (non-hydrogen) atoms. The Balaban J connectivity index is 1.85. The van der Waals surface area contributed by atoms with Crippen molar-refractivity contribution in [2.45, 2.75) is 19.8 Å². The number of nitrogens with one attached hydrogen (secondary N) is 2. The molecule has 4 amide bonds. The number of hydrazine groups is 1. The first-order valence-corrected chi connectivity index (χ1v) is 7.18. The SMILES string of the molecule is Cc1ccc(C(=O)NNC(=O)[C@H]2CCCN(C(N)=O)C2)cc1. The van der Waals surface area contributed by atoms with Crippen molar-refractivity contribution >= 4 is 17.8 Å². The molecule has 0 saturated carbocycles. The molecule has 1 atom stereocenters. The number of nitrogens with zero attached hydrogens (tertiary/aromatic N) is 1. The summed E-state index contributed by atoms with van der Waals surface area (Å²) >= 11 is 0. The van der Waals surface area contributed by atoms with Crippen LogP contribution in [0.15, 0.2) is 24.3 Å². The summed E-state index contributed by atoms with van der Waals surface area (Å²) < 4.78 is 0. The van der Waals surface area contributed by atoms with Crippen LogP contribution in [0, 0.1) is 12.8 Å². The summed E-state index contributed by atoms with van der Waals surface area (Å²) in [6, 6.07) is 6.49. The van der Waals surface area contributed by atoms with Gasteiger partial charge in [0.1, 0.15) is 0 Å². The van der Waals surface area contributed by atoms with Gasteiger partial charge in [0.25, 0.3) is 5.91 Å². The number of amides is 4. The largest absolute Gasteiger partial charge is 0.351 e. The zero-order chi connectivity index (χ0) is 16.1. The number of hydrogen-bond donors (Lipinski definition) is 3.